The Morgan fingerprint density at radius 3 is 2.61 bits per heavy atom. The molecule has 0 spiro atoms. The van der Waals surface area contributed by atoms with Crippen LogP contribution in [0.25, 0.3) is 0 Å². The molecule has 0 fully saturated rings. The SMILES string of the molecule is CCn1ccc(CNc2ccc(=O)n(CC)c2)c1. The summed E-state index contributed by atoms with van der Waals surface area (Å²) in [5.74, 6) is 0. The number of hydrogen-bond acceptors (Lipinski definition) is 2. The van der Waals surface area contributed by atoms with Crippen LogP contribution in [0.2, 0.25) is 0 Å². The van der Waals surface area contributed by atoms with E-state index in [1.165, 1.54) is 5.56 Å². The average Bonchev–Trinajstić information content (AvgIpc) is 2.86. The molecule has 0 bridgehead atoms. The molecule has 4 heteroatoms. The summed E-state index contributed by atoms with van der Waals surface area (Å²) < 4.78 is 3.84. The van der Waals surface area contributed by atoms with Gasteiger partial charge in [0, 0.05) is 44.3 Å². The molecule has 0 aliphatic carbocycles. The van der Waals surface area contributed by atoms with E-state index in [0.717, 1.165) is 18.8 Å². The molecule has 2 heterocycles. The number of aromatic nitrogens is 2. The highest BCUT2D eigenvalue weighted by Crippen LogP contribution is 2.08. The Labute approximate surface area is 107 Å². The van der Waals surface area contributed by atoms with Crippen LogP contribution in [0.5, 0.6) is 0 Å². The summed E-state index contributed by atoms with van der Waals surface area (Å²) in [6.07, 6.45) is 6.06. The molecule has 0 radical (unpaired) electrons. The molecule has 18 heavy (non-hydrogen) atoms. The van der Waals surface area contributed by atoms with Crippen molar-refractivity contribution < 1.29 is 0 Å². The standard InChI is InChI=1S/C14H19N3O/c1-3-16-8-7-12(10-16)9-15-13-5-6-14(18)17(4-2)11-13/h5-8,10-11,15H,3-4,9H2,1-2H3. The van der Waals surface area contributed by atoms with Gasteiger partial charge in [0.25, 0.3) is 5.56 Å². The highest BCUT2D eigenvalue weighted by atomic mass is 16.1. The van der Waals surface area contributed by atoms with Crippen LogP contribution in [0, 0.1) is 0 Å². The molecular weight excluding hydrogens is 226 g/mol. The van der Waals surface area contributed by atoms with Crippen molar-refractivity contribution in [2.75, 3.05) is 5.32 Å². The Balaban J connectivity index is 2.03. The van der Waals surface area contributed by atoms with E-state index in [-0.39, 0.29) is 5.56 Å². The van der Waals surface area contributed by atoms with Crippen LogP contribution in [0.3, 0.4) is 0 Å². The van der Waals surface area contributed by atoms with E-state index in [0.29, 0.717) is 6.54 Å². The van der Waals surface area contributed by atoms with E-state index in [1.807, 2.05) is 19.2 Å². The number of aryl methyl sites for hydroxylation is 2. The van der Waals surface area contributed by atoms with Crippen LogP contribution in [-0.2, 0) is 19.6 Å². The molecule has 2 rings (SSSR count). The van der Waals surface area contributed by atoms with Gasteiger partial charge in [-0.25, -0.2) is 0 Å². The number of rotatable bonds is 5. The van der Waals surface area contributed by atoms with Crippen LogP contribution in [-0.4, -0.2) is 9.13 Å². The van der Waals surface area contributed by atoms with Crippen LogP contribution in [0.1, 0.15) is 19.4 Å². The summed E-state index contributed by atoms with van der Waals surface area (Å²) in [6, 6.07) is 5.53. The van der Waals surface area contributed by atoms with E-state index in [2.05, 4.69) is 35.3 Å². The van der Waals surface area contributed by atoms with Crippen molar-refractivity contribution in [2.45, 2.75) is 33.5 Å². The van der Waals surface area contributed by atoms with Gasteiger partial charge in [0.2, 0.25) is 0 Å². The van der Waals surface area contributed by atoms with Crippen molar-refractivity contribution in [2.24, 2.45) is 0 Å². The minimum Gasteiger partial charge on any atom is -0.380 e. The Morgan fingerprint density at radius 1 is 1.11 bits per heavy atom. The average molecular weight is 245 g/mol. The molecule has 0 saturated carbocycles. The topological polar surface area (TPSA) is 39.0 Å². The van der Waals surface area contributed by atoms with Crippen molar-refractivity contribution in [3.8, 4) is 0 Å². The normalized spacial score (nSPS) is 10.6. The van der Waals surface area contributed by atoms with E-state index in [1.54, 1.807) is 10.6 Å². The lowest BCUT2D eigenvalue weighted by molar-refractivity contribution is 0.727. The van der Waals surface area contributed by atoms with Crippen LogP contribution in [0.15, 0.2) is 41.6 Å². The molecule has 0 aromatic carbocycles. The first kappa shape index (κ1) is 12.5. The molecule has 0 saturated heterocycles. The monoisotopic (exact) mass is 245 g/mol. The third-order valence-corrected chi connectivity index (χ3v) is 3.00. The van der Waals surface area contributed by atoms with Gasteiger partial charge < -0.3 is 14.5 Å². The zero-order valence-electron chi connectivity index (χ0n) is 10.9. The van der Waals surface area contributed by atoms with E-state index >= 15 is 0 Å². The van der Waals surface area contributed by atoms with Gasteiger partial charge >= 0.3 is 0 Å². The second kappa shape index (κ2) is 5.58. The largest absolute Gasteiger partial charge is 0.380 e. The van der Waals surface area contributed by atoms with Crippen LogP contribution in [0.4, 0.5) is 5.69 Å². The Morgan fingerprint density at radius 2 is 1.94 bits per heavy atom. The quantitative estimate of drug-likeness (QED) is 0.878. The smallest absolute Gasteiger partial charge is 0.250 e. The van der Waals surface area contributed by atoms with E-state index in [9.17, 15) is 4.79 Å². The van der Waals surface area contributed by atoms with E-state index < -0.39 is 0 Å². The first-order valence-corrected chi connectivity index (χ1v) is 6.32. The summed E-state index contributed by atoms with van der Waals surface area (Å²) >= 11 is 0. The number of pyridine rings is 1. The van der Waals surface area contributed by atoms with Crippen molar-refractivity contribution in [3.05, 3.63) is 52.7 Å². The van der Waals surface area contributed by atoms with Crippen molar-refractivity contribution in [1.82, 2.24) is 9.13 Å². The van der Waals surface area contributed by atoms with Gasteiger partial charge in [0.15, 0.2) is 0 Å². The predicted octanol–water partition coefficient (Wildman–Crippen LogP) is 2.30. The Hall–Kier alpha value is -1.97. The summed E-state index contributed by atoms with van der Waals surface area (Å²) in [6.45, 7) is 6.54. The minimum absolute atomic E-state index is 0.0418. The molecule has 4 nitrogen and oxygen atoms in total. The van der Waals surface area contributed by atoms with Gasteiger partial charge in [-0.3, -0.25) is 4.79 Å². The van der Waals surface area contributed by atoms with Gasteiger partial charge in [-0.1, -0.05) is 0 Å². The van der Waals surface area contributed by atoms with Crippen LogP contribution >= 0.6 is 0 Å². The lowest BCUT2D eigenvalue weighted by Crippen LogP contribution is -2.17. The van der Waals surface area contributed by atoms with Crippen molar-refractivity contribution >= 4 is 5.69 Å². The minimum atomic E-state index is 0.0418. The lowest BCUT2D eigenvalue weighted by atomic mass is 10.3. The van der Waals surface area contributed by atoms with E-state index in [4.69, 9.17) is 0 Å². The number of anilines is 1. The summed E-state index contributed by atoms with van der Waals surface area (Å²) in [4.78, 5) is 11.5. The highest BCUT2D eigenvalue weighted by molar-refractivity contribution is 5.40. The first-order chi connectivity index (χ1) is 8.72. The highest BCUT2D eigenvalue weighted by Gasteiger charge is 1.98. The first-order valence-electron chi connectivity index (χ1n) is 6.32. The molecular formula is C14H19N3O. The Kier molecular flexibility index (Phi) is 3.87. The molecule has 0 amide bonds. The fourth-order valence-electron chi connectivity index (χ4n) is 1.88. The second-order valence-corrected chi connectivity index (χ2v) is 4.25. The van der Waals surface area contributed by atoms with Crippen LogP contribution < -0.4 is 10.9 Å². The third-order valence-electron chi connectivity index (χ3n) is 3.00. The molecule has 0 atom stereocenters. The number of nitrogens with zero attached hydrogens (tertiary/aromatic N) is 2. The molecule has 96 valence electrons. The number of nitrogens with one attached hydrogen (secondary N) is 1. The number of hydrogen-bond donors (Lipinski definition) is 1. The third kappa shape index (κ3) is 2.83. The summed E-state index contributed by atoms with van der Waals surface area (Å²) in [5.41, 5.74) is 2.26. The molecule has 0 aliphatic heterocycles. The van der Waals surface area contributed by atoms with Gasteiger partial charge in [-0.05, 0) is 31.5 Å². The zero-order valence-corrected chi connectivity index (χ0v) is 10.9. The van der Waals surface area contributed by atoms with Gasteiger partial charge in [0.1, 0.15) is 0 Å². The molecule has 1 N–H and O–H groups in total. The molecule has 0 aliphatic rings. The van der Waals surface area contributed by atoms with Crippen molar-refractivity contribution in [1.29, 1.82) is 0 Å². The summed E-state index contributed by atoms with van der Waals surface area (Å²) in [7, 11) is 0. The maximum absolute atomic E-state index is 11.5. The van der Waals surface area contributed by atoms with Crippen molar-refractivity contribution in [3.63, 3.8) is 0 Å². The molecule has 2 aromatic rings. The van der Waals surface area contributed by atoms with Gasteiger partial charge in [-0.2, -0.15) is 0 Å². The fraction of sp³-hybridized carbons (Fsp3) is 0.357. The predicted molar refractivity (Wildman–Crippen MR) is 73.8 cm³/mol. The Bertz CT molecular complexity index is 568. The zero-order chi connectivity index (χ0) is 13.0. The van der Waals surface area contributed by atoms with Gasteiger partial charge in [0.05, 0.1) is 5.69 Å². The maximum atomic E-state index is 11.5. The lowest BCUT2D eigenvalue weighted by Gasteiger charge is -2.08. The molecule has 2 aromatic heterocycles. The molecule has 0 unspecified atom stereocenters. The fourth-order valence-corrected chi connectivity index (χ4v) is 1.88. The maximum Gasteiger partial charge on any atom is 0.250 e. The van der Waals surface area contributed by atoms with Gasteiger partial charge in [-0.15, -0.1) is 0 Å². The second-order valence-electron chi connectivity index (χ2n) is 4.25. The summed E-state index contributed by atoms with van der Waals surface area (Å²) in [5, 5.41) is 3.33.